The summed E-state index contributed by atoms with van der Waals surface area (Å²) in [6.07, 6.45) is 1.65. The Hall–Kier alpha value is -3.82. The van der Waals surface area contributed by atoms with Crippen LogP contribution in [0.1, 0.15) is 17.0 Å². The van der Waals surface area contributed by atoms with Crippen LogP contribution in [0, 0.1) is 25.2 Å². The molecule has 32 heavy (non-hydrogen) atoms. The number of nitriles is 1. The maximum Gasteiger partial charge on any atom is 0.266 e. The Labute approximate surface area is 188 Å². The topological polar surface area (TPSA) is 70.3 Å². The fraction of sp³-hybridized carbons (Fsp3) is 0.231. The van der Waals surface area contributed by atoms with Gasteiger partial charge in [-0.3, -0.25) is 4.79 Å². The van der Waals surface area contributed by atoms with Gasteiger partial charge in [0.05, 0.1) is 13.2 Å². The first-order chi connectivity index (χ1) is 15.6. The molecule has 1 aliphatic rings. The minimum Gasteiger partial charge on any atom is -0.378 e. The number of ether oxygens (including phenoxy) is 1. The van der Waals surface area contributed by atoms with E-state index in [1.54, 1.807) is 18.2 Å². The maximum atomic E-state index is 12.6. The molecule has 1 aliphatic heterocycles. The molecule has 6 heteroatoms. The Kier molecular flexibility index (Phi) is 6.39. The molecule has 0 unspecified atom stereocenters. The highest BCUT2D eigenvalue weighted by atomic mass is 16.5. The van der Waals surface area contributed by atoms with Crippen molar-refractivity contribution in [1.82, 2.24) is 4.57 Å². The number of morpholine rings is 1. The second-order valence-electron chi connectivity index (χ2n) is 7.77. The third kappa shape index (κ3) is 4.58. The molecule has 1 amide bonds. The Morgan fingerprint density at radius 3 is 2.34 bits per heavy atom. The van der Waals surface area contributed by atoms with Gasteiger partial charge in [-0.05, 0) is 68.0 Å². The minimum absolute atomic E-state index is 0.0665. The van der Waals surface area contributed by atoms with Crippen molar-refractivity contribution in [3.63, 3.8) is 0 Å². The lowest BCUT2D eigenvalue weighted by molar-refractivity contribution is -0.112. The third-order valence-corrected chi connectivity index (χ3v) is 5.65. The summed E-state index contributed by atoms with van der Waals surface area (Å²) >= 11 is 0. The lowest BCUT2D eigenvalue weighted by Crippen LogP contribution is -2.36. The monoisotopic (exact) mass is 426 g/mol. The van der Waals surface area contributed by atoms with Crippen LogP contribution in [0.25, 0.3) is 11.8 Å². The number of hydrogen-bond donors (Lipinski definition) is 1. The number of benzene rings is 2. The predicted molar refractivity (Wildman–Crippen MR) is 127 cm³/mol. The number of carbonyl (C=O) groups excluding carboxylic acids is 1. The van der Waals surface area contributed by atoms with Crippen molar-refractivity contribution in [3.05, 3.63) is 83.2 Å². The second kappa shape index (κ2) is 9.54. The lowest BCUT2D eigenvalue weighted by atomic mass is 10.1. The van der Waals surface area contributed by atoms with E-state index < -0.39 is 5.91 Å². The molecule has 0 atom stereocenters. The van der Waals surface area contributed by atoms with Gasteiger partial charge in [-0.2, -0.15) is 5.26 Å². The Morgan fingerprint density at radius 2 is 1.69 bits per heavy atom. The number of nitrogens with zero attached hydrogens (tertiary/aromatic N) is 3. The van der Waals surface area contributed by atoms with Crippen LogP contribution in [0.3, 0.4) is 0 Å². The predicted octanol–water partition coefficient (Wildman–Crippen LogP) is 4.48. The first kappa shape index (κ1) is 21.4. The maximum absolute atomic E-state index is 12.6. The van der Waals surface area contributed by atoms with Crippen molar-refractivity contribution in [2.45, 2.75) is 13.8 Å². The van der Waals surface area contributed by atoms with E-state index in [9.17, 15) is 10.1 Å². The number of nitrogens with one attached hydrogen (secondary N) is 1. The van der Waals surface area contributed by atoms with Gasteiger partial charge >= 0.3 is 0 Å². The summed E-state index contributed by atoms with van der Waals surface area (Å²) in [5.74, 6) is -0.418. The highest BCUT2D eigenvalue weighted by Gasteiger charge is 2.15. The molecule has 4 rings (SSSR count). The van der Waals surface area contributed by atoms with E-state index in [2.05, 4.69) is 39.0 Å². The van der Waals surface area contributed by atoms with Gasteiger partial charge in [0.25, 0.3) is 5.91 Å². The molecule has 0 saturated carbocycles. The van der Waals surface area contributed by atoms with Gasteiger partial charge in [0.15, 0.2) is 0 Å². The lowest BCUT2D eigenvalue weighted by Gasteiger charge is -2.29. The molecule has 162 valence electrons. The van der Waals surface area contributed by atoms with Gasteiger partial charge in [0, 0.05) is 41.5 Å². The zero-order chi connectivity index (χ0) is 22.5. The molecule has 2 heterocycles. The number of aryl methyl sites for hydroxylation is 1. The summed E-state index contributed by atoms with van der Waals surface area (Å²) in [4.78, 5) is 14.9. The number of anilines is 2. The number of rotatable bonds is 5. The number of hydrogen-bond acceptors (Lipinski definition) is 4. The van der Waals surface area contributed by atoms with Crippen molar-refractivity contribution in [1.29, 1.82) is 5.26 Å². The first-order valence-corrected chi connectivity index (χ1v) is 10.7. The molecular weight excluding hydrogens is 400 g/mol. The second-order valence-corrected chi connectivity index (χ2v) is 7.77. The van der Waals surface area contributed by atoms with E-state index >= 15 is 0 Å². The number of amides is 1. The summed E-state index contributed by atoms with van der Waals surface area (Å²) in [6.45, 7) is 7.34. The molecule has 1 fully saturated rings. The fourth-order valence-electron chi connectivity index (χ4n) is 3.99. The highest BCUT2D eigenvalue weighted by Crippen LogP contribution is 2.25. The molecule has 0 spiro atoms. The molecule has 0 aliphatic carbocycles. The van der Waals surface area contributed by atoms with Crippen LogP contribution in [0.2, 0.25) is 0 Å². The number of aromatic nitrogens is 1. The molecule has 1 aromatic heterocycles. The highest BCUT2D eigenvalue weighted by molar-refractivity contribution is 6.09. The summed E-state index contributed by atoms with van der Waals surface area (Å²) in [7, 11) is 0. The molecule has 6 nitrogen and oxygen atoms in total. The van der Waals surface area contributed by atoms with E-state index in [1.807, 2.05) is 44.2 Å². The van der Waals surface area contributed by atoms with E-state index in [-0.39, 0.29) is 5.57 Å². The third-order valence-electron chi connectivity index (χ3n) is 5.65. The largest absolute Gasteiger partial charge is 0.378 e. The normalized spacial score (nSPS) is 14.2. The molecule has 0 bridgehead atoms. The van der Waals surface area contributed by atoms with Crippen LogP contribution in [0.4, 0.5) is 11.4 Å². The summed E-state index contributed by atoms with van der Waals surface area (Å²) in [5.41, 5.74) is 5.81. The Morgan fingerprint density at radius 1 is 1.03 bits per heavy atom. The average Bonchev–Trinajstić information content (AvgIpc) is 3.11. The summed E-state index contributed by atoms with van der Waals surface area (Å²) < 4.78 is 7.57. The molecular formula is C26H26N4O2. The Balaban J connectivity index is 1.58. The van der Waals surface area contributed by atoms with Gasteiger partial charge in [-0.15, -0.1) is 0 Å². The number of carbonyl (C=O) groups is 1. The van der Waals surface area contributed by atoms with Crippen LogP contribution >= 0.6 is 0 Å². The van der Waals surface area contributed by atoms with Crippen LogP contribution in [0.15, 0.2) is 66.2 Å². The van der Waals surface area contributed by atoms with E-state index in [1.165, 1.54) is 5.69 Å². The van der Waals surface area contributed by atoms with Crippen molar-refractivity contribution in [3.8, 4) is 11.8 Å². The standard InChI is InChI=1S/C26H26N4O2/c1-19-16-21(17-22(18-27)26(31)28-23-6-4-3-5-7-23)20(2)30(19)25-10-8-24(9-11-25)29-12-14-32-15-13-29/h3-11,16-17H,12-15H2,1-2H3,(H,28,31)/b22-17-. The van der Waals surface area contributed by atoms with Gasteiger partial charge in [-0.25, -0.2) is 0 Å². The van der Waals surface area contributed by atoms with Crippen molar-refractivity contribution in [2.24, 2.45) is 0 Å². The quantitative estimate of drug-likeness (QED) is 0.483. The van der Waals surface area contributed by atoms with Crippen LogP contribution in [-0.4, -0.2) is 36.8 Å². The van der Waals surface area contributed by atoms with Gasteiger partial charge in [0.1, 0.15) is 11.6 Å². The summed E-state index contributed by atoms with van der Waals surface area (Å²) in [6, 6.07) is 21.6. The van der Waals surface area contributed by atoms with Gasteiger partial charge in [-0.1, -0.05) is 18.2 Å². The average molecular weight is 427 g/mol. The van der Waals surface area contributed by atoms with E-state index in [0.29, 0.717) is 5.69 Å². The van der Waals surface area contributed by atoms with Gasteiger partial charge < -0.3 is 19.5 Å². The van der Waals surface area contributed by atoms with Crippen molar-refractivity contribution >= 4 is 23.4 Å². The van der Waals surface area contributed by atoms with E-state index in [4.69, 9.17) is 4.74 Å². The van der Waals surface area contributed by atoms with Crippen molar-refractivity contribution < 1.29 is 9.53 Å². The molecule has 3 aromatic rings. The molecule has 1 saturated heterocycles. The first-order valence-electron chi connectivity index (χ1n) is 10.7. The SMILES string of the molecule is Cc1cc(/C=C(/C#N)C(=O)Nc2ccccc2)c(C)n1-c1ccc(N2CCOCC2)cc1. The minimum atomic E-state index is -0.418. The van der Waals surface area contributed by atoms with Crippen molar-refractivity contribution in [2.75, 3.05) is 36.5 Å². The van der Waals surface area contributed by atoms with Crippen LogP contribution in [-0.2, 0) is 9.53 Å². The van der Waals surface area contributed by atoms with Gasteiger partial charge in [0.2, 0.25) is 0 Å². The Bertz CT molecular complexity index is 1170. The summed E-state index contributed by atoms with van der Waals surface area (Å²) in [5, 5.41) is 12.3. The fourth-order valence-corrected chi connectivity index (χ4v) is 3.99. The zero-order valence-electron chi connectivity index (χ0n) is 18.3. The molecule has 2 aromatic carbocycles. The van der Waals surface area contributed by atoms with E-state index in [0.717, 1.165) is 48.9 Å². The molecule has 1 N–H and O–H groups in total. The zero-order valence-corrected chi connectivity index (χ0v) is 18.3. The van der Waals surface area contributed by atoms with Crippen LogP contribution in [0.5, 0.6) is 0 Å². The smallest absolute Gasteiger partial charge is 0.266 e. The van der Waals surface area contributed by atoms with Crippen LogP contribution < -0.4 is 10.2 Å². The molecule has 0 radical (unpaired) electrons. The number of para-hydroxylation sites is 1.